The fourth-order valence-corrected chi connectivity index (χ4v) is 3.03. The number of nitrogens with zero attached hydrogens (tertiary/aromatic N) is 3. The molecule has 2 amide bonds. The van der Waals surface area contributed by atoms with Crippen LogP contribution in [-0.4, -0.2) is 39.6 Å². The van der Waals surface area contributed by atoms with Crippen molar-refractivity contribution in [2.45, 2.75) is 38.6 Å². The number of nitrogens with one attached hydrogen (secondary N) is 1. The first-order valence-corrected chi connectivity index (χ1v) is 8.95. The van der Waals surface area contributed by atoms with Gasteiger partial charge in [0.25, 0.3) is 0 Å². The Kier molecular flexibility index (Phi) is 5.99. The molecule has 0 radical (unpaired) electrons. The van der Waals surface area contributed by atoms with Crippen LogP contribution < -0.4 is 5.32 Å². The van der Waals surface area contributed by atoms with Crippen molar-refractivity contribution < 1.29 is 14.0 Å². The third kappa shape index (κ3) is 5.15. The molecule has 26 heavy (non-hydrogen) atoms. The Labute approximate surface area is 152 Å². The van der Waals surface area contributed by atoms with E-state index in [-0.39, 0.29) is 24.2 Å². The summed E-state index contributed by atoms with van der Waals surface area (Å²) in [5, 5.41) is 6.92. The summed E-state index contributed by atoms with van der Waals surface area (Å²) < 4.78 is 14.4. The second-order valence-electron chi connectivity index (χ2n) is 6.54. The molecule has 1 N–H and O–H groups in total. The van der Waals surface area contributed by atoms with E-state index in [9.17, 15) is 14.0 Å². The second kappa shape index (κ2) is 8.60. The molecule has 0 spiro atoms. The molecule has 1 aromatic heterocycles. The lowest BCUT2D eigenvalue weighted by Gasteiger charge is -2.26. The summed E-state index contributed by atoms with van der Waals surface area (Å²) in [7, 11) is 0. The summed E-state index contributed by atoms with van der Waals surface area (Å²) in [5.41, 5.74) is 1.48. The highest BCUT2D eigenvalue weighted by molar-refractivity contribution is 5.90. The molecule has 1 saturated heterocycles. The molecule has 138 valence electrons. The molecule has 2 heterocycles. The van der Waals surface area contributed by atoms with E-state index in [0.29, 0.717) is 18.5 Å². The van der Waals surface area contributed by atoms with Gasteiger partial charge in [-0.2, -0.15) is 5.10 Å². The molecule has 7 heteroatoms. The van der Waals surface area contributed by atoms with Crippen molar-refractivity contribution in [1.82, 2.24) is 14.7 Å². The maximum absolute atomic E-state index is 12.9. The molecule has 2 aromatic rings. The van der Waals surface area contributed by atoms with E-state index in [1.807, 2.05) is 4.90 Å². The normalized spacial score (nSPS) is 14.3. The van der Waals surface area contributed by atoms with Gasteiger partial charge in [-0.05, 0) is 43.4 Å². The number of carbonyl (C=O) groups is 2. The minimum atomic E-state index is -0.287. The summed E-state index contributed by atoms with van der Waals surface area (Å²) in [4.78, 5) is 26.1. The van der Waals surface area contributed by atoms with Gasteiger partial charge in [-0.1, -0.05) is 12.1 Å². The zero-order chi connectivity index (χ0) is 18.4. The third-order valence-corrected chi connectivity index (χ3v) is 4.48. The van der Waals surface area contributed by atoms with E-state index in [4.69, 9.17) is 0 Å². The summed E-state index contributed by atoms with van der Waals surface area (Å²) in [5.74, 6) is -0.372. The van der Waals surface area contributed by atoms with E-state index in [1.165, 1.54) is 18.6 Å². The highest BCUT2D eigenvalue weighted by Crippen LogP contribution is 2.11. The quantitative estimate of drug-likeness (QED) is 0.863. The molecule has 1 fully saturated rings. The van der Waals surface area contributed by atoms with Crippen LogP contribution in [0.25, 0.3) is 0 Å². The van der Waals surface area contributed by atoms with Crippen molar-refractivity contribution in [3.8, 4) is 0 Å². The Balaban J connectivity index is 1.45. The Morgan fingerprint density at radius 3 is 2.58 bits per heavy atom. The number of anilines is 1. The van der Waals surface area contributed by atoms with Crippen LogP contribution in [0.3, 0.4) is 0 Å². The molecule has 1 aliphatic heterocycles. The summed E-state index contributed by atoms with van der Waals surface area (Å²) in [6.45, 7) is 1.81. The van der Waals surface area contributed by atoms with Gasteiger partial charge in [0.05, 0.1) is 11.9 Å². The highest BCUT2D eigenvalue weighted by atomic mass is 19.1. The number of benzene rings is 1. The highest BCUT2D eigenvalue weighted by Gasteiger charge is 2.17. The molecule has 3 rings (SSSR count). The number of likely N-dealkylation sites (tertiary alicyclic amines) is 1. The first-order valence-electron chi connectivity index (χ1n) is 8.95. The number of hydrogen-bond acceptors (Lipinski definition) is 3. The van der Waals surface area contributed by atoms with E-state index in [2.05, 4.69) is 10.4 Å². The molecule has 6 nitrogen and oxygen atoms in total. The fourth-order valence-electron chi connectivity index (χ4n) is 3.03. The van der Waals surface area contributed by atoms with Crippen molar-refractivity contribution in [3.05, 3.63) is 48.0 Å². The summed E-state index contributed by atoms with van der Waals surface area (Å²) in [6.07, 6.45) is 7.33. The Hall–Kier alpha value is -2.70. The monoisotopic (exact) mass is 358 g/mol. The van der Waals surface area contributed by atoms with Crippen molar-refractivity contribution in [2.24, 2.45) is 0 Å². The smallest absolute Gasteiger partial charge is 0.244 e. The first kappa shape index (κ1) is 18.1. The first-order chi connectivity index (χ1) is 12.6. The predicted octanol–water partition coefficient (Wildman–Crippen LogP) is 2.61. The summed E-state index contributed by atoms with van der Waals surface area (Å²) >= 11 is 0. The number of aryl methyl sites for hydroxylation is 1. The Bertz CT molecular complexity index is 751. The van der Waals surface area contributed by atoms with E-state index >= 15 is 0 Å². The van der Waals surface area contributed by atoms with Crippen molar-refractivity contribution in [1.29, 1.82) is 0 Å². The zero-order valence-corrected chi connectivity index (χ0v) is 14.7. The number of carbonyl (C=O) groups excluding carboxylic acids is 2. The van der Waals surface area contributed by atoms with Gasteiger partial charge in [0.2, 0.25) is 11.8 Å². The molecule has 0 atom stereocenters. The van der Waals surface area contributed by atoms with Gasteiger partial charge >= 0.3 is 0 Å². The van der Waals surface area contributed by atoms with Crippen LogP contribution in [0, 0.1) is 5.82 Å². The maximum atomic E-state index is 12.9. The number of halogens is 1. The van der Waals surface area contributed by atoms with Gasteiger partial charge in [0.15, 0.2) is 0 Å². The molecule has 0 saturated carbocycles. The summed E-state index contributed by atoms with van der Waals surface area (Å²) in [6, 6.07) is 6.12. The van der Waals surface area contributed by atoms with E-state index in [0.717, 1.165) is 31.5 Å². The SMILES string of the molecule is O=C(CCc1ccc(F)cc1)Nc1cnn(CC(=O)N2CCCCC2)c1. The number of aromatic nitrogens is 2. The Morgan fingerprint density at radius 1 is 1.12 bits per heavy atom. The standard InChI is InChI=1S/C19H23FN4O2/c20-16-7-4-15(5-8-16)6-9-18(25)22-17-12-21-24(13-17)14-19(26)23-10-2-1-3-11-23/h4-5,7-8,12-13H,1-3,6,9-11,14H2,(H,22,25). The fraction of sp³-hybridized carbons (Fsp3) is 0.421. The van der Waals surface area contributed by atoms with Gasteiger partial charge in [0, 0.05) is 25.7 Å². The van der Waals surface area contributed by atoms with E-state index < -0.39 is 0 Å². The van der Waals surface area contributed by atoms with Crippen LogP contribution in [-0.2, 0) is 22.6 Å². The van der Waals surface area contributed by atoms with Crippen LogP contribution in [0.2, 0.25) is 0 Å². The van der Waals surface area contributed by atoms with Gasteiger partial charge in [-0.25, -0.2) is 4.39 Å². The Morgan fingerprint density at radius 2 is 1.85 bits per heavy atom. The molecule has 0 unspecified atom stereocenters. The number of piperidine rings is 1. The molecule has 0 bridgehead atoms. The average molecular weight is 358 g/mol. The lowest BCUT2D eigenvalue weighted by molar-refractivity contribution is -0.132. The average Bonchev–Trinajstić information content (AvgIpc) is 3.08. The van der Waals surface area contributed by atoms with Crippen molar-refractivity contribution in [2.75, 3.05) is 18.4 Å². The molecule has 1 aromatic carbocycles. The van der Waals surface area contributed by atoms with Gasteiger partial charge < -0.3 is 10.2 Å². The van der Waals surface area contributed by atoms with Crippen LogP contribution >= 0.6 is 0 Å². The number of amides is 2. The van der Waals surface area contributed by atoms with Crippen molar-refractivity contribution >= 4 is 17.5 Å². The number of hydrogen-bond donors (Lipinski definition) is 1. The van der Waals surface area contributed by atoms with Crippen LogP contribution in [0.1, 0.15) is 31.2 Å². The molecular weight excluding hydrogens is 335 g/mol. The van der Waals surface area contributed by atoms with Crippen molar-refractivity contribution in [3.63, 3.8) is 0 Å². The predicted molar refractivity (Wildman–Crippen MR) is 96.0 cm³/mol. The van der Waals surface area contributed by atoms with Gasteiger partial charge in [-0.3, -0.25) is 14.3 Å². The maximum Gasteiger partial charge on any atom is 0.244 e. The zero-order valence-electron chi connectivity index (χ0n) is 14.7. The topological polar surface area (TPSA) is 67.2 Å². The van der Waals surface area contributed by atoms with Crippen LogP contribution in [0.5, 0.6) is 0 Å². The number of rotatable bonds is 6. The second-order valence-corrected chi connectivity index (χ2v) is 6.54. The lowest BCUT2D eigenvalue weighted by Crippen LogP contribution is -2.37. The van der Waals surface area contributed by atoms with Crippen LogP contribution in [0.4, 0.5) is 10.1 Å². The molecule has 0 aliphatic carbocycles. The van der Waals surface area contributed by atoms with Crippen LogP contribution in [0.15, 0.2) is 36.7 Å². The lowest BCUT2D eigenvalue weighted by atomic mass is 10.1. The minimum absolute atomic E-state index is 0.0574. The largest absolute Gasteiger partial charge is 0.341 e. The third-order valence-electron chi connectivity index (χ3n) is 4.48. The van der Waals surface area contributed by atoms with Gasteiger partial charge in [-0.15, -0.1) is 0 Å². The minimum Gasteiger partial charge on any atom is -0.341 e. The molecule has 1 aliphatic rings. The molecular formula is C19H23FN4O2. The van der Waals surface area contributed by atoms with E-state index in [1.54, 1.807) is 29.2 Å². The van der Waals surface area contributed by atoms with Gasteiger partial charge in [0.1, 0.15) is 12.4 Å².